The van der Waals surface area contributed by atoms with Crippen LogP contribution in [0.4, 0.5) is 5.69 Å². The summed E-state index contributed by atoms with van der Waals surface area (Å²) in [7, 11) is 6.21. The second-order valence-corrected chi connectivity index (χ2v) is 5.52. The van der Waals surface area contributed by atoms with Gasteiger partial charge < -0.3 is 14.9 Å². The number of hydrogen-bond donors (Lipinski definition) is 1. The van der Waals surface area contributed by atoms with Crippen LogP contribution < -0.4 is 4.90 Å². The third-order valence-electron chi connectivity index (χ3n) is 3.69. The number of anilines is 1. The van der Waals surface area contributed by atoms with Crippen LogP contribution in [0.25, 0.3) is 0 Å². The lowest BCUT2D eigenvalue weighted by atomic mass is 9.96. The Balaban J connectivity index is 2.10. The highest BCUT2D eigenvalue weighted by Crippen LogP contribution is 2.29. The first kappa shape index (κ1) is 13.4. The highest BCUT2D eigenvalue weighted by atomic mass is 16.3. The van der Waals surface area contributed by atoms with E-state index < -0.39 is 0 Å². The highest BCUT2D eigenvalue weighted by Gasteiger charge is 2.16. The molecule has 0 amide bonds. The third kappa shape index (κ3) is 3.03. The Hall–Kier alpha value is -1.06. The molecule has 1 unspecified atom stereocenters. The average molecular weight is 248 g/mol. The molecule has 1 aliphatic rings. The molecule has 3 heteroatoms. The second-order valence-electron chi connectivity index (χ2n) is 5.52. The minimum atomic E-state index is -0.343. The molecular weight excluding hydrogens is 224 g/mol. The van der Waals surface area contributed by atoms with Crippen molar-refractivity contribution in [3.63, 3.8) is 0 Å². The van der Waals surface area contributed by atoms with Crippen LogP contribution in [0.2, 0.25) is 0 Å². The normalized spacial score (nSPS) is 16.8. The SMILES string of the molecule is CN(C)CCC(O)c1ccc2c(c1)CCCN2C. The van der Waals surface area contributed by atoms with Gasteiger partial charge in [0.25, 0.3) is 0 Å². The van der Waals surface area contributed by atoms with Gasteiger partial charge in [-0.2, -0.15) is 0 Å². The first-order chi connectivity index (χ1) is 8.58. The fourth-order valence-electron chi connectivity index (χ4n) is 2.56. The van der Waals surface area contributed by atoms with Crippen molar-refractivity contribution in [1.82, 2.24) is 4.90 Å². The van der Waals surface area contributed by atoms with Crippen LogP contribution in [-0.4, -0.2) is 44.2 Å². The fourth-order valence-corrected chi connectivity index (χ4v) is 2.56. The molecule has 1 aromatic rings. The van der Waals surface area contributed by atoms with Crippen molar-refractivity contribution >= 4 is 5.69 Å². The quantitative estimate of drug-likeness (QED) is 0.883. The van der Waals surface area contributed by atoms with Gasteiger partial charge in [-0.25, -0.2) is 0 Å². The van der Waals surface area contributed by atoms with Crippen molar-refractivity contribution in [2.24, 2.45) is 0 Å². The molecule has 100 valence electrons. The average Bonchev–Trinajstić information content (AvgIpc) is 2.35. The molecule has 0 saturated carbocycles. The monoisotopic (exact) mass is 248 g/mol. The van der Waals surface area contributed by atoms with Crippen molar-refractivity contribution in [2.75, 3.05) is 39.1 Å². The van der Waals surface area contributed by atoms with E-state index in [0.29, 0.717) is 0 Å². The van der Waals surface area contributed by atoms with Crippen LogP contribution in [0.3, 0.4) is 0 Å². The smallest absolute Gasteiger partial charge is 0.0802 e. The van der Waals surface area contributed by atoms with E-state index in [4.69, 9.17) is 0 Å². The summed E-state index contributed by atoms with van der Waals surface area (Å²) in [5.74, 6) is 0. The van der Waals surface area contributed by atoms with Crippen molar-refractivity contribution in [3.8, 4) is 0 Å². The Kier molecular flexibility index (Phi) is 4.25. The zero-order chi connectivity index (χ0) is 13.1. The minimum Gasteiger partial charge on any atom is -0.388 e. The largest absolute Gasteiger partial charge is 0.388 e. The zero-order valence-electron chi connectivity index (χ0n) is 11.7. The number of fused-ring (bicyclic) bond motifs is 1. The highest BCUT2D eigenvalue weighted by molar-refractivity contribution is 5.56. The first-order valence-corrected chi connectivity index (χ1v) is 6.74. The fraction of sp³-hybridized carbons (Fsp3) is 0.600. The molecule has 0 aliphatic carbocycles. The summed E-state index contributed by atoms with van der Waals surface area (Å²) < 4.78 is 0. The summed E-state index contributed by atoms with van der Waals surface area (Å²) in [5, 5.41) is 10.2. The maximum absolute atomic E-state index is 10.2. The Labute approximate surface area is 110 Å². The summed E-state index contributed by atoms with van der Waals surface area (Å²) in [5.41, 5.74) is 3.76. The van der Waals surface area contributed by atoms with Gasteiger partial charge in [-0.1, -0.05) is 12.1 Å². The van der Waals surface area contributed by atoms with Crippen molar-refractivity contribution in [2.45, 2.75) is 25.4 Å². The molecule has 18 heavy (non-hydrogen) atoms. The molecule has 3 nitrogen and oxygen atoms in total. The van der Waals surface area contributed by atoms with E-state index in [9.17, 15) is 5.11 Å². The van der Waals surface area contributed by atoms with E-state index in [1.165, 1.54) is 17.7 Å². The van der Waals surface area contributed by atoms with E-state index in [1.807, 2.05) is 14.1 Å². The number of hydrogen-bond acceptors (Lipinski definition) is 3. The molecule has 1 aromatic carbocycles. The van der Waals surface area contributed by atoms with Crippen LogP contribution in [0.1, 0.15) is 30.1 Å². The topological polar surface area (TPSA) is 26.7 Å². The molecule has 0 aromatic heterocycles. The first-order valence-electron chi connectivity index (χ1n) is 6.74. The molecule has 0 saturated heterocycles. The van der Waals surface area contributed by atoms with E-state index in [2.05, 4.69) is 35.0 Å². The van der Waals surface area contributed by atoms with Gasteiger partial charge in [0.1, 0.15) is 0 Å². The standard InChI is InChI=1S/C15H24N2O/c1-16(2)10-8-15(18)13-6-7-14-12(11-13)5-4-9-17(14)3/h6-7,11,15,18H,4-5,8-10H2,1-3H3. The molecule has 1 N–H and O–H groups in total. The minimum absolute atomic E-state index is 0.343. The molecule has 2 rings (SSSR count). The molecule has 0 spiro atoms. The Morgan fingerprint density at radius 3 is 2.89 bits per heavy atom. The van der Waals surface area contributed by atoms with E-state index in [1.54, 1.807) is 0 Å². The van der Waals surface area contributed by atoms with Crippen LogP contribution >= 0.6 is 0 Å². The van der Waals surface area contributed by atoms with Crippen LogP contribution in [0, 0.1) is 0 Å². The van der Waals surface area contributed by atoms with Crippen LogP contribution in [-0.2, 0) is 6.42 Å². The lowest BCUT2D eigenvalue weighted by molar-refractivity contribution is 0.154. The Morgan fingerprint density at radius 2 is 2.17 bits per heavy atom. The Morgan fingerprint density at radius 1 is 1.39 bits per heavy atom. The summed E-state index contributed by atoms with van der Waals surface area (Å²) in [6.45, 7) is 2.05. The maximum atomic E-state index is 10.2. The summed E-state index contributed by atoms with van der Waals surface area (Å²) in [6.07, 6.45) is 2.79. The van der Waals surface area contributed by atoms with E-state index in [0.717, 1.165) is 31.5 Å². The molecular formula is C15H24N2O. The van der Waals surface area contributed by atoms with Crippen molar-refractivity contribution < 1.29 is 5.11 Å². The lowest BCUT2D eigenvalue weighted by Gasteiger charge is -2.28. The lowest BCUT2D eigenvalue weighted by Crippen LogP contribution is -2.24. The zero-order valence-corrected chi connectivity index (χ0v) is 11.7. The third-order valence-corrected chi connectivity index (χ3v) is 3.69. The van der Waals surface area contributed by atoms with Gasteiger partial charge in [0, 0.05) is 25.8 Å². The summed E-state index contributed by atoms with van der Waals surface area (Å²) in [6, 6.07) is 6.41. The van der Waals surface area contributed by atoms with Gasteiger partial charge in [-0.3, -0.25) is 0 Å². The summed E-state index contributed by atoms with van der Waals surface area (Å²) in [4.78, 5) is 4.41. The van der Waals surface area contributed by atoms with Gasteiger partial charge in [-0.05, 0) is 50.6 Å². The van der Waals surface area contributed by atoms with Crippen LogP contribution in [0.5, 0.6) is 0 Å². The number of aryl methyl sites for hydroxylation is 1. The second kappa shape index (κ2) is 5.72. The molecule has 1 atom stereocenters. The molecule has 1 heterocycles. The Bertz CT molecular complexity index is 403. The number of aliphatic hydroxyl groups is 1. The predicted molar refractivity (Wildman–Crippen MR) is 76.2 cm³/mol. The molecule has 1 aliphatic heterocycles. The van der Waals surface area contributed by atoms with E-state index in [-0.39, 0.29) is 6.10 Å². The molecule has 0 fully saturated rings. The van der Waals surface area contributed by atoms with Gasteiger partial charge in [0.05, 0.1) is 6.10 Å². The maximum Gasteiger partial charge on any atom is 0.0802 e. The van der Waals surface area contributed by atoms with Gasteiger partial charge in [-0.15, -0.1) is 0 Å². The van der Waals surface area contributed by atoms with Crippen molar-refractivity contribution in [3.05, 3.63) is 29.3 Å². The van der Waals surface area contributed by atoms with E-state index >= 15 is 0 Å². The van der Waals surface area contributed by atoms with Gasteiger partial charge >= 0.3 is 0 Å². The number of benzene rings is 1. The number of nitrogens with zero attached hydrogens (tertiary/aromatic N) is 2. The predicted octanol–water partition coefficient (Wildman–Crippen LogP) is 2.05. The number of aliphatic hydroxyl groups excluding tert-OH is 1. The summed E-state index contributed by atoms with van der Waals surface area (Å²) >= 11 is 0. The molecule has 0 radical (unpaired) electrons. The van der Waals surface area contributed by atoms with Gasteiger partial charge in [0.15, 0.2) is 0 Å². The number of rotatable bonds is 4. The molecule has 0 bridgehead atoms. The van der Waals surface area contributed by atoms with Gasteiger partial charge in [0.2, 0.25) is 0 Å². The van der Waals surface area contributed by atoms with Crippen molar-refractivity contribution in [1.29, 1.82) is 0 Å². The van der Waals surface area contributed by atoms with Crippen LogP contribution in [0.15, 0.2) is 18.2 Å².